The van der Waals surface area contributed by atoms with E-state index in [4.69, 9.17) is 5.26 Å². The van der Waals surface area contributed by atoms with Crippen LogP contribution in [0.4, 0.5) is 0 Å². The summed E-state index contributed by atoms with van der Waals surface area (Å²) in [6.07, 6.45) is 9.18. The number of nitriles is 1. The third-order valence-electron chi connectivity index (χ3n) is 4.12. The van der Waals surface area contributed by atoms with Gasteiger partial charge in [0.1, 0.15) is 0 Å². The standard InChI is InChI=1S/C4H4NO.3C4H9.Sn/c5-3-1-2-4-6;3*1-3-4-2;/h1,6H,4H2;3*1,3-4H2,2H3;. The molecule has 0 aromatic carbocycles. The summed E-state index contributed by atoms with van der Waals surface area (Å²) in [5, 5.41) is 18.7. The van der Waals surface area contributed by atoms with Crippen molar-refractivity contribution in [1.82, 2.24) is 0 Å². The Kier molecular flexibility index (Phi) is 11.8. The van der Waals surface area contributed by atoms with Crippen LogP contribution in [0.1, 0.15) is 59.3 Å². The summed E-state index contributed by atoms with van der Waals surface area (Å²) in [6.45, 7) is 6.84. The van der Waals surface area contributed by atoms with Crippen molar-refractivity contribution in [3.63, 3.8) is 0 Å². The van der Waals surface area contributed by atoms with Crippen LogP contribution in [0.25, 0.3) is 0 Å². The van der Waals surface area contributed by atoms with Gasteiger partial charge in [0.25, 0.3) is 0 Å². The summed E-state index contributed by atoms with van der Waals surface area (Å²) in [6, 6.07) is 2.18. The normalized spacial score (nSPS) is 12.5. The van der Waals surface area contributed by atoms with E-state index in [1.165, 1.54) is 55.4 Å². The van der Waals surface area contributed by atoms with Gasteiger partial charge in [0.2, 0.25) is 0 Å². The van der Waals surface area contributed by atoms with Gasteiger partial charge in [0.15, 0.2) is 0 Å². The molecule has 2 nitrogen and oxygen atoms in total. The van der Waals surface area contributed by atoms with Crippen molar-refractivity contribution in [1.29, 1.82) is 5.26 Å². The van der Waals surface area contributed by atoms with Gasteiger partial charge in [-0.3, -0.25) is 0 Å². The molecule has 0 rings (SSSR count). The zero-order valence-corrected chi connectivity index (χ0v) is 15.9. The Morgan fingerprint density at radius 3 is 1.68 bits per heavy atom. The van der Waals surface area contributed by atoms with E-state index in [9.17, 15) is 5.11 Å². The molecule has 0 atom stereocenters. The van der Waals surface area contributed by atoms with Gasteiger partial charge in [-0.15, -0.1) is 0 Å². The zero-order valence-electron chi connectivity index (χ0n) is 13.0. The minimum atomic E-state index is -2.48. The number of allylic oxidation sites excluding steroid dienone is 1. The van der Waals surface area contributed by atoms with E-state index in [0.29, 0.717) is 0 Å². The van der Waals surface area contributed by atoms with Crippen molar-refractivity contribution in [2.75, 3.05) is 6.61 Å². The van der Waals surface area contributed by atoms with E-state index in [1.807, 2.05) is 0 Å². The van der Waals surface area contributed by atoms with Gasteiger partial charge in [0, 0.05) is 0 Å². The summed E-state index contributed by atoms with van der Waals surface area (Å²) in [5.41, 5.74) is 0. The first kappa shape index (κ1) is 19.0. The fraction of sp³-hybridized carbons (Fsp3) is 0.812. The van der Waals surface area contributed by atoms with E-state index in [1.54, 1.807) is 6.08 Å². The summed E-state index contributed by atoms with van der Waals surface area (Å²) in [5.74, 6) is 0. The fourth-order valence-electron chi connectivity index (χ4n) is 2.85. The number of aliphatic hydroxyl groups excluding tert-OH is 1. The first-order chi connectivity index (χ1) is 9.20. The molecule has 0 aromatic heterocycles. The first-order valence-corrected chi connectivity index (χ1v) is 15.4. The SMILES string of the molecule is CCC[CH2][Sn]([CH2]CCC)([CH2]CCC)/[C](=C\C#N)CO. The molecule has 0 fully saturated rings. The van der Waals surface area contributed by atoms with Crippen molar-refractivity contribution >= 4 is 18.4 Å². The van der Waals surface area contributed by atoms with E-state index in [-0.39, 0.29) is 6.61 Å². The summed E-state index contributed by atoms with van der Waals surface area (Å²) in [7, 11) is 0. The predicted molar refractivity (Wildman–Crippen MR) is 85.7 cm³/mol. The molecule has 3 heteroatoms. The van der Waals surface area contributed by atoms with Crippen LogP contribution < -0.4 is 0 Å². The second-order valence-electron chi connectivity index (χ2n) is 5.55. The Hall–Kier alpha value is -0.0113. The Bertz CT molecular complexity index is 272. The van der Waals surface area contributed by atoms with Gasteiger partial charge in [-0.1, -0.05) is 0 Å². The second kappa shape index (κ2) is 11.8. The zero-order chi connectivity index (χ0) is 14.6. The molecule has 0 saturated heterocycles. The Morgan fingerprint density at radius 2 is 1.42 bits per heavy atom. The predicted octanol–water partition coefficient (Wildman–Crippen LogP) is 4.82. The second-order valence-corrected chi connectivity index (χ2v) is 19.0. The maximum absolute atomic E-state index is 9.72. The molecule has 0 aliphatic heterocycles. The number of hydrogen-bond donors (Lipinski definition) is 1. The van der Waals surface area contributed by atoms with E-state index < -0.39 is 18.4 Å². The number of rotatable bonds is 11. The molecule has 19 heavy (non-hydrogen) atoms. The van der Waals surface area contributed by atoms with Gasteiger partial charge in [-0.05, 0) is 0 Å². The van der Waals surface area contributed by atoms with Gasteiger partial charge in [0.05, 0.1) is 0 Å². The molecule has 0 radical (unpaired) electrons. The average molecular weight is 372 g/mol. The fourth-order valence-corrected chi connectivity index (χ4v) is 18.6. The molecular formula is C16H31NOSn. The quantitative estimate of drug-likeness (QED) is 0.418. The first-order valence-electron chi connectivity index (χ1n) is 7.90. The van der Waals surface area contributed by atoms with Crippen molar-refractivity contribution in [3.05, 3.63) is 9.67 Å². The molecule has 0 aliphatic carbocycles. The minimum absolute atomic E-state index is 0.126. The molecule has 0 spiro atoms. The molecule has 0 unspecified atom stereocenters. The summed E-state index contributed by atoms with van der Waals surface area (Å²) >= 11 is -2.48. The van der Waals surface area contributed by atoms with Crippen LogP contribution in [-0.4, -0.2) is 30.1 Å². The molecule has 0 aliphatic rings. The van der Waals surface area contributed by atoms with Gasteiger partial charge < -0.3 is 0 Å². The Balaban J connectivity index is 5.18. The molecule has 1 N–H and O–H groups in total. The molecule has 0 heterocycles. The maximum atomic E-state index is 9.72. The Labute approximate surface area is 123 Å². The third-order valence-corrected chi connectivity index (χ3v) is 20.1. The van der Waals surface area contributed by atoms with E-state index >= 15 is 0 Å². The molecule has 0 saturated carbocycles. The van der Waals surface area contributed by atoms with Crippen LogP contribution in [0, 0.1) is 11.3 Å². The summed E-state index contributed by atoms with van der Waals surface area (Å²) in [4.78, 5) is 0. The third kappa shape index (κ3) is 6.81. The van der Waals surface area contributed by atoms with E-state index in [0.717, 1.165) is 0 Å². The van der Waals surface area contributed by atoms with Crippen LogP contribution >= 0.6 is 0 Å². The molecule has 0 aromatic rings. The van der Waals surface area contributed by atoms with Crippen molar-refractivity contribution in [2.24, 2.45) is 0 Å². The van der Waals surface area contributed by atoms with Gasteiger partial charge in [-0.25, -0.2) is 0 Å². The van der Waals surface area contributed by atoms with E-state index in [2.05, 4.69) is 26.8 Å². The van der Waals surface area contributed by atoms with Gasteiger partial charge in [-0.2, -0.15) is 0 Å². The molecule has 0 bridgehead atoms. The number of unbranched alkanes of at least 4 members (excludes halogenated alkanes) is 3. The average Bonchev–Trinajstić information content (AvgIpc) is 2.44. The van der Waals surface area contributed by atoms with Crippen molar-refractivity contribution in [2.45, 2.75) is 72.6 Å². The van der Waals surface area contributed by atoms with Gasteiger partial charge >= 0.3 is 124 Å². The van der Waals surface area contributed by atoms with Crippen LogP contribution in [-0.2, 0) is 0 Å². The topological polar surface area (TPSA) is 44.0 Å². The van der Waals surface area contributed by atoms with Crippen LogP contribution in [0.2, 0.25) is 13.3 Å². The Morgan fingerprint density at radius 1 is 1.00 bits per heavy atom. The monoisotopic (exact) mass is 373 g/mol. The molecule has 0 amide bonds. The molecular weight excluding hydrogens is 341 g/mol. The van der Waals surface area contributed by atoms with Crippen LogP contribution in [0.5, 0.6) is 0 Å². The van der Waals surface area contributed by atoms with Crippen LogP contribution in [0.15, 0.2) is 9.67 Å². The number of hydrogen-bond acceptors (Lipinski definition) is 2. The summed E-state index contributed by atoms with van der Waals surface area (Å²) < 4.78 is 5.13. The van der Waals surface area contributed by atoms with Crippen molar-refractivity contribution < 1.29 is 5.11 Å². The van der Waals surface area contributed by atoms with Crippen molar-refractivity contribution in [3.8, 4) is 6.07 Å². The van der Waals surface area contributed by atoms with Crippen LogP contribution in [0.3, 0.4) is 0 Å². The number of nitrogens with zero attached hydrogens (tertiary/aromatic N) is 1. The number of aliphatic hydroxyl groups is 1. The molecule has 110 valence electrons.